The second kappa shape index (κ2) is 6.11. The van der Waals surface area contributed by atoms with Crippen molar-refractivity contribution in [3.05, 3.63) is 15.8 Å². The molecule has 118 valence electrons. The van der Waals surface area contributed by atoms with E-state index in [0.717, 1.165) is 0 Å². The zero-order valence-corrected chi connectivity index (χ0v) is 13.0. The summed E-state index contributed by atoms with van der Waals surface area (Å²) in [5, 5.41) is 27.7. The number of aliphatic carboxylic acids is 1. The van der Waals surface area contributed by atoms with E-state index in [0.29, 0.717) is 12.8 Å². The molecule has 1 atom stereocenters. The molecule has 0 aliphatic rings. The Kier molecular flexibility index (Phi) is 4.93. The van der Waals surface area contributed by atoms with Crippen LogP contribution >= 0.6 is 0 Å². The van der Waals surface area contributed by atoms with E-state index in [1.165, 1.54) is 11.6 Å². The third-order valence-corrected chi connectivity index (χ3v) is 3.34. The number of nitrogens with one attached hydrogen (secondary N) is 1. The highest BCUT2D eigenvalue weighted by Gasteiger charge is 2.37. The van der Waals surface area contributed by atoms with Gasteiger partial charge in [0.2, 0.25) is 5.82 Å². The first-order chi connectivity index (χ1) is 9.64. The lowest BCUT2D eigenvalue weighted by Gasteiger charge is -2.27. The Balaban J connectivity index is 3.40. The summed E-state index contributed by atoms with van der Waals surface area (Å²) in [5.74, 6) is -0.904. The molecule has 1 unspecified atom stereocenters. The number of rotatable bonds is 7. The number of aryl methyl sites for hydroxylation is 1. The van der Waals surface area contributed by atoms with E-state index >= 15 is 0 Å². The minimum Gasteiger partial charge on any atom is -0.480 e. The predicted octanol–water partition coefficient (Wildman–Crippen LogP) is 2.74. The van der Waals surface area contributed by atoms with Crippen molar-refractivity contribution < 1.29 is 14.8 Å². The van der Waals surface area contributed by atoms with Gasteiger partial charge in [-0.2, -0.15) is 5.10 Å². The molecule has 0 amide bonds. The molecular weight excluding hydrogens is 276 g/mol. The van der Waals surface area contributed by atoms with Crippen LogP contribution < -0.4 is 5.32 Å². The van der Waals surface area contributed by atoms with Gasteiger partial charge in [-0.1, -0.05) is 13.3 Å². The van der Waals surface area contributed by atoms with Crippen molar-refractivity contribution in [2.75, 3.05) is 5.32 Å². The molecule has 1 rings (SSSR count). The van der Waals surface area contributed by atoms with E-state index in [1.54, 1.807) is 6.92 Å². The Bertz CT molecular complexity index is 553. The molecule has 8 nitrogen and oxygen atoms in total. The maximum Gasteiger partial charge on any atom is 0.333 e. The average molecular weight is 298 g/mol. The van der Waals surface area contributed by atoms with Crippen molar-refractivity contribution in [2.24, 2.45) is 0 Å². The number of aromatic nitrogens is 2. The van der Waals surface area contributed by atoms with Gasteiger partial charge in [-0.25, -0.2) is 9.48 Å². The molecule has 0 aromatic carbocycles. The number of hydrogen-bond donors (Lipinski definition) is 2. The molecular formula is C13H22N4O4. The fraction of sp³-hybridized carbons (Fsp3) is 0.692. The fourth-order valence-corrected chi connectivity index (χ4v) is 2.23. The highest BCUT2D eigenvalue weighted by Crippen LogP contribution is 2.33. The van der Waals surface area contributed by atoms with Crippen LogP contribution in [0.3, 0.4) is 0 Å². The van der Waals surface area contributed by atoms with Crippen LogP contribution in [0.1, 0.15) is 52.3 Å². The lowest BCUT2D eigenvalue weighted by molar-refractivity contribution is -0.384. The summed E-state index contributed by atoms with van der Waals surface area (Å²) in [4.78, 5) is 22.2. The quantitative estimate of drug-likeness (QED) is 0.591. The van der Waals surface area contributed by atoms with Crippen LogP contribution in [-0.2, 0) is 4.79 Å². The number of carboxylic acid groups (broad SMARTS) is 1. The summed E-state index contributed by atoms with van der Waals surface area (Å²) in [5.41, 5.74) is -1.19. The molecule has 0 aliphatic heterocycles. The van der Waals surface area contributed by atoms with Gasteiger partial charge in [0.15, 0.2) is 0 Å². The molecule has 21 heavy (non-hydrogen) atoms. The standard InChI is InChI=1S/C13H22N4O4/c1-6-7-13(5,12(18)19)14-11-10(17(20)21)9(4)15-16(11)8(2)3/h8,14H,6-7H2,1-5H3,(H,18,19). The number of anilines is 1. The van der Waals surface area contributed by atoms with Crippen LogP contribution in [0, 0.1) is 17.0 Å². The summed E-state index contributed by atoms with van der Waals surface area (Å²) in [6, 6.07) is -0.125. The molecule has 2 N–H and O–H groups in total. The number of carbonyl (C=O) groups is 1. The van der Waals surface area contributed by atoms with Crippen molar-refractivity contribution in [2.45, 2.75) is 59.0 Å². The van der Waals surface area contributed by atoms with Gasteiger partial charge in [-0.05, 0) is 34.1 Å². The minimum absolute atomic E-state index is 0.125. The van der Waals surface area contributed by atoms with Crippen molar-refractivity contribution in [1.29, 1.82) is 0 Å². The zero-order valence-electron chi connectivity index (χ0n) is 13.0. The molecule has 0 spiro atoms. The number of carboxylic acids is 1. The fourth-order valence-electron chi connectivity index (χ4n) is 2.23. The first kappa shape index (κ1) is 16.9. The molecule has 1 aromatic rings. The van der Waals surface area contributed by atoms with E-state index in [1.807, 2.05) is 20.8 Å². The van der Waals surface area contributed by atoms with Gasteiger partial charge in [0, 0.05) is 6.04 Å². The van der Waals surface area contributed by atoms with Gasteiger partial charge in [-0.3, -0.25) is 10.1 Å². The van der Waals surface area contributed by atoms with E-state index in [2.05, 4.69) is 10.4 Å². The van der Waals surface area contributed by atoms with Crippen LogP contribution in [0.5, 0.6) is 0 Å². The second-order valence-corrected chi connectivity index (χ2v) is 5.59. The maximum absolute atomic E-state index is 11.5. The Morgan fingerprint density at radius 3 is 2.52 bits per heavy atom. The number of hydrogen-bond acceptors (Lipinski definition) is 5. The molecule has 0 saturated carbocycles. The predicted molar refractivity (Wildman–Crippen MR) is 78.6 cm³/mol. The van der Waals surface area contributed by atoms with Crippen molar-refractivity contribution >= 4 is 17.5 Å². The van der Waals surface area contributed by atoms with Crippen LogP contribution in [-0.4, -0.2) is 31.3 Å². The van der Waals surface area contributed by atoms with Crippen LogP contribution in [0.4, 0.5) is 11.5 Å². The van der Waals surface area contributed by atoms with Gasteiger partial charge < -0.3 is 10.4 Å². The first-order valence-electron chi connectivity index (χ1n) is 6.89. The Morgan fingerprint density at radius 1 is 1.57 bits per heavy atom. The van der Waals surface area contributed by atoms with Crippen LogP contribution in [0.25, 0.3) is 0 Å². The van der Waals surface area contributed by atoms with Crippen LogP contribution in [0.15, 0.2) is 0 Å². The van der Waals surface area contributed by atoms with Crippen molar-refractivity contribution in [3.63, 3.8) is 0 Å². The monoisotopic (exact) mass is 298 g/mol. The normalized spacial score (nSPS) is 14.0. The van der Waals surface area contributed by atoms with Gasteiger partial charge in [0.1, 0.15) is 11.2 Å². The zero-order chi connectivity index (χ0) is 16.4. The average Bonchev–Trinajstić information content (AvgIpc) is 2.66. The molecule has 0 fully saturated rings. The van der Waals surface area contributed by atoms with Gasteiger partial charge in [0.05, 0.1) is 4.92 Å². The Morgan fingerprint density at radius 2 is 2.14 bits per heavy atom. The smallest absolute Gasteiger partial charge is 0.333 e. The molecule has 1 aromatic heterocycles. The van der Waals surface area contributed by atoms with E-state index in [4.69, 9.17) is 0 Å². The molecule has 0 radical (unpaired) electrons. The largest absolute Gasteiger partial charge is 0.480 e. The van der Waals surface area contributed by atoms with Gasteiger partial charge in [0.25, 0.3) is 0 Å². The summed E-state index contributed by atoms with van der Waals surface area (Å²) < 4.78 is 1.46. The third-order valence-electron chi connectivity index (χ3n) is 3.34. The molecule has 0 bridgehead atoms. The van der Waals surface area contributed by atoms with E-state index < -0.39 is 16.4 Å². The van der Waals surface area contributed by atoms with Gasteiger partial charge in [-0.15, -0.1) is 0 Å². The summed E-state index contributed by atoms with van der Waals surface area (Å²) in [6.07, 6.45) is 0.986. The van der Waals surface area contributed by atoms with Crippen molar-refractivity contribution in [3.8, 4) is 0 Å². The summed E-state index contributed by atoms with van der Waals surface area (Å²) in [6.45, 7) is 8.59. The summed E-state index contributed by atoms with van der Waals surface area (Å²) >= 11 is 0. The molecule has 8 heteroatoms. The lowest BCUT2D eigenvalue weighted by atomic mass is 9.96. The minimum atomic E-state index is -1.28. The summed E-state index contributed by atoms with van der Waals surface area (Å²) in [7, 11) is 0. The lowest BCUT2D eigenvalue weighted by Crippen LogP contribution is -2.44. The topological polar surface area (TPSA) is 110 Å². The first-order valence-corrected chi connectivity index (χ1v) is 6.89. The van der Waals surface area contributed by atoms with E-state index in [-0.39, 0.29) is 23.2 Å². The SMILES string of the molecule is CCCC(C)(Nc1c([N+](=O)[O-])c(C)nn1C(C)C)C(=O)O. The molecule has 0 aliphatic carbocycles. The third kappa shape index (κ3) is 3.32. The molecule has 0 saturated heterocycles. The Labute approximate surface area is 123 Å². The highest BCUT2D eigenvalue weighted by atomic mass is 16.6. The van der Waals surface area contributed by atoms with Gasteiger partial charge >= 0.3 is 11.7 Å². The molecule has 1 heterocycles. The van der Waals surface area contributed by atoms with Crippen LogP contribution in [0.2, 0.25) is 0 Å². The van der Waals surface area contributed by atoms with E-state index in [9.17, 15) is 20.0 Å². The highest BCUT2D eigenvalue weighted by molar-refractivity contribution is 5.83. The number of nitrogens with zero attached hydrogens (tertiary/aromatic N) is 3. The maximum atomic E-state index is 11.5. The number of nitro groups is 1. The second-order valence-electron chi connectivity index (χ2n) is 5.59. The Hall–Kier alpha value is -2.12. The van der Waals surface area contributed by atoms with Crippen molar-refractivity contribution in [1.82, 2.24) is 9.78 Å².